The summed E-state index contributed by atoms with van der Waals surface area (Å²) in [5.41, 5.74) is 1.20. The number of hydrogen-bond donors (Lipinski definition) is 1. The molecule has 1 aromatic rings. The maximum absolute atomic E-state index is 12.5. The monoisotopic (exact) mass is 243 g/mol. The van der Waals surface area contributed by atoms with Crippen molar-refractivity contribution in [2.75, 3.05) is 0 Å². The zero-order valence-corrected chi connectivity index (χ0v) is 10.3. The molecule has 0 heterocycles. The lowest BCUT2D eigenvalue weighted by Crippen LogP contribution is -2.35. The number of aromatic hydroxyl groups is 1. The highest BCUT2D eigenvalue weighted by molar-refractivity contribution is 5.90. The third-order valence-electron chi connectivity index (χ3n) is 4.65. The van der Waals surface area contributed by atoms with Crippen molar-refractivity contribution in [2.45, 2.75) is 38.3 Å². The molecule has 3 nitrogen and oxygen atoms in total. The number of carbonyl (C=O) groups excluding carboxylic acids is 1. The van der Waals surface area contributed by atoms with Crippen molar-refractivity contribution in [3.05, 3.63) is 29.8 Å². The molecule has 3 heteroatoms. The summed E-state index contributed by atoms with van der Waals surface area (Å²) in [4.78, 5) is 14.6. The van der Waals surface area contributed by atoms with Gasteiger partial charge in [0.25, 0.3) is 0 Å². The minimum Gasteiger partial charge on any atom is -0.508 e. The zero-order chi connectivity index (χ0) is 12.3. The molecule has 0 radical (unpaired) electrons. The molecule has 0 atom stereocenters. The Balaban J connectivity index is 1.52. The highest BCUT2D eigenvalue weighted by Crippen LogP contribution is 2.76. The van der Waals surface area contributed by atoms with Gasteiger partial charge >= 0.3 is 0 Å². The van der Waals surface area contributed by atoms with E-state index in [1.165, 1.54) is 0 Å². The predicted octanol–water partition coefficient (Wildman–Crippen LogP) is 2.29. The summed E-state index contributed by atoms with van der Waals surface area (Å²) in [6.07, 6.45) is 4.57. The van der Waals surface area contributed by atoms with Crippen LogP contribution in [0.5, 0.6) is 5.75 Å². The average Bonchev–Trinajstić information content (AvgIpc) is 3.18. The second-order valence-electron chi connectivity index (χ2n) is 6.09. The number of rotatable bonds is 4. The van der Waals surface area contributed by atoms with Crippen LogP contribution in [-0.2, 0) is 11.3 Å². The Bertz CT molecular complexity index is 498. The fourth-order valence-corrected chi connectivity index (χ4v) is 2.89. The molecular weight excluding hydrogens is 226 g/mol. The molecule has 1 N–H and O–H groups in total. The highest BCUT2D eigenvalue weighted by Gasteiger charge is 2.75. The Morgan fingerprint density at radius 3 is 2.39 bits per heavy atom. The predicted molar refractivity (Wildman–Crippen MR) is 66.8 cm³/mol. The van der Waals surface area contributed by atoms with Gasteiger partial charge in [0.05, 0.1) is 5.41 Å². The smallest absolute Gasteiger partial charge is 0.229 e. The first kappa shape index (κ1) is 10.4. The number of nitrogens with zero attached hydrogens (tertiary/aromatic N) is 1. The van der Waals surface area contributed by atoms with Crippen molar-refractivity contribution >= 4 is 5.91 Å². The Morgan fingerprint density at radius 2 is 1.89 bits per heavy atom. The van der Waals surface area contributed by atoms with Gasteiger partial charge in [0.15, 0.2) is 0 Å². The highest BCUT2D eigenvalue weighted by atomic mass is 16.3. The Labute approximate surface area is 106 Å². The van der Waals surface area contributed by atoms with Gasteiger partial charge in [-0.25, -0.2) is 0 Å². The summed E-state index contributed by atoms with van der Waals surface area (Å²) in [5.74, 6) is 1.39. The number of carbonyl (C=O) groups is 1. The minimum atomic E-state index is 0.0828. The number of phenolic OH excluding ortho intramolecular Hbond substituents is 1. The second kappa shape index (κ2) is 3.28. The van der Waals surface area contributed by atoms with E-state index in [0.717, 1.165) is 31.2 Å². The zero-order valence-electron chi connectivity index (χ0n) is 10.3. The van der Waals surface area contributed by atoms with Crippen LogP contribution in [0.2, 0.25) is 0 Å². The van der Waals surface area contributed by atoms with Crippen LogP contribution in [-0.4, -0.2) is 22.0 Å². The second-order valence-corrected chi connectivity index (χ2v) is 6.09. The van der Waals surface area contributed by atoms with Crippen LogP contribution in [0.4, 0.5) is 0 Å². The molecule has 1 amide bonds. The summed E-state index contributed by atoms with van der Waals surface area (Å²) >= 11 is 0. The average molecular weight is 243 g/mol. The van der Waals surface area contributed by atoms with Gasteiger partial charge in [-0.15, -0.1) is 0 Å². The van der Waals surface area contributed by atoms with E-state index in [-0.39, 0.29) is 11.2 Å². The van der Waals surface area contributed by atoms with Crippen molar-refractivity contribution in [3.63, 3.8) is 0 Å². The standard InChI is InChI=1S/C15H17NO2/c17-13-5-1-10(2-6-13)9-16(12-3-4-12)14(18)15-7-11(15)8-15/h1-2,5-6,11-12,17H,3-4,7-9H2. The third-order valence-corrected chi connectivity index (χ3v) is 4.65. The van der Waals surface area contributed by atoms with E-state index in [1.54, 1.807) is 12.1 Å². The van der Waals surface area contributed by atoms with Crippen LogP contribution in [0.3, 0.4) is 0 Å². The van der Waals surface area contributed by atoms with Crippen LogP contribution in [0.25, 0.3) is 0 Å². The van der Waals surface area contributed by atoms with Crippen molar-refractivity contribution < 1.29 is 9.90 Å². The van der Waals surface area contributed by atoms with Crippen molar-refractivity contribution in [2.24, 2.45) is 11.3 Å². The summed E-state index contributed by atoms with van der Waals surface area (Å²) in [7, 11) is 0. The number of hydrogen-bond acceptors (Lipinski definition) is 2. The molecule has 0 spiro atoms. The first-order valence-corrected chi connectivity index (χ1v) is 6.78. The van der Waals surface area contributed by atoms with Crippen LogP contribution in [0.15, 0.2) is 24.3 Å². The normalized spacial score (nSPS) is 31.7. The van der Waals surface area contributed by atoms with E-state index in [9.17, 15) is 9.90 Å². The van der Waals surface area contributed by atoms with Crippen LogP contribution in [0, 0.1) is 11.3 Å². The van der Waals surface area contributed by atoms with Gasteiger partial charge in [0.1, 0.15) is 5.75 Å². The lowest BCUT2D eigenvalue weighted by molar-refractivity contribution is -0.136. The Kier molecular flexibility index (Phi) is 1.90. The number of fused-ring (bicyclic) bond motifs is 1. The van der Waals surface area contributed by atoms with E-state index < -0.39 is 0 Å². The maximum atomic E-state index is 12.5. The molecular formula is C15H17NO2. The van der Waals surface area contributed by atoms with Crippen LogP contribution >= 0.6 is 0 Å². The van der Waals surface area contributed by atoms with Crippen molar-refractivity contribution in [1.82, 2.24) is 4.90 Å². The van der Waals surface area contributed by atoms with Crippen molar-refractivity contribution in [1.29, 1.82) is 0 Å². The van der Waals surface area contributed by atoms with Crippen LogP contribution < -0.4 is 0 Å². The van der Waals surface area contributed by atoms with Gasteiger partial charge in [0.2, 0.25) is 5.91 Å². The number of benzene rings is 1. The van der Waals surface area contributed by atoms with E-state index in [4.69, 9.17) is 0 Å². The first-order valence-electron chi connectivity index (χ1n) is 6.78. The van der Waals surface area contributed by atoms with Gasteiger partial charge in [-0.05, 0) is 49.3 Å². The first-order chi connectivity index (χ1) is 8.69. The van der Waals surface area contributed by atoms with E-state index in [0.29, 0.717) is 24.4 Å². The fourth-order valence-electron chi connectivity index (χ4n) is 2.89. The quantitative estimate of drug-likeness (QED) is 0.881. The van der Waals surface area contributed by atoms with Gasteiger partial charge in [-0.2, -0.15) is 0 Å². The molecule has 3 aliphatic carbocycles. The minimum absolute atomic E-state index is 0.0828. The lowest BCUT2D eigenvalue weighted by Gasteiger charge is -2.24. The van der Waals surface area contributed by atoms with Crippen molar-refractivity contribution in [3.8, 4) is 5.75 Å². The summed E-state index contributed by atoms with van der Waals surface area (Å²) < 4.78 is 0. The Morgan fingerprint density at radius 1 is 1.28 bits per heavy atom. The summed E-state index contributed by atoms with van der Waals surface area (Å²) in [5, 5.41) is 9.29. The molecule has 3 saturated carbocycles. The van der Waals surface area contributed by atoms with Gasteiger partial charge in [0, 0.05) is 12.6 Å². The lowest BCUT2D eigenvalue weighted by atomic mass is 10.1. The molecule has 94 valence electrons. The van der Waals surface area contributed by atoms with Gasteiger partial charge in [-0.1, -0.05) is 12.1 Å². The third kappa shape index (κ3) is 1.53. The topological polar surface area (TPSA) is 40.5 Å². The fraction of sp³-hybridized carbons (Fsp3) is 0.533. The molecule has 0 aromatic heterocycles. The van der Waals surface area contributed by atoms with Gasteiger partial charge < -0.3 is 10.0 Å². The summed E-state index contributed by atoms with van der Waals surface area (Å²) in [6.45, 7) is 0.707. The van der Waals surface area contributed by atoms with E-state index >= 15 is 0 Å². The van der Waals surface area contributed by atoms with Gasteiger partial charge in [-0.3, -0.25) is 4.79 Å². The molecule has 0 bridgehead atoms. The molecule has 18 heavy (non-hydrogen) atoms. The van der Waals surface area contributed by atoms with Crippen LogP contribution in [0.1, 0.15) is 31.2 Å². The summed E-state index contributed by atoms with van der Waals surface area (Å²) in [6, 6.07) is 7.68. The molecule has 3 fully saturated rings. The number of phenols is 1. The Hall–Kier alpha value is -1.51. The maximum Gasteiger partial charge on any atom is 0.229 e. The number of amides is 1. The molecule has 3 aliphatic rings. The van der Waals surface area contributed by atoms with E-state index in [1.807, 2.05) is 12.1 Å². The molecule has 0 unspecified atom stereocenters. The molecule has 0 saturated heterocycles. The van der Waals surface area contributed by atoms with E-state index in [2.05, 4.69) is 4.90 Å². The molecule has 1 aromatic carbocycles. The largest absolute Gasteiger partial charge is 0.508 e. The molecule has 0 aliphatic heterocycles. The SMILES string of the molecule is O=C(N(Cc1ccc(O)cc1)C1CC1)C12CC1C2. The molecule has 4 rings (SSSR count).